The van der Waals surface area contributed by atoms with E-state index in [0.717, 1.165) is 18.7 Å². The van der Waals surface area contributed by atoms with Crippen LogP contribution in [0.25, 0.3) is 0 Å². The maximum Gasteiger partial charge on any atom is 0.252 e. The third kappa shape index (κ3) is 3.09. The summed E-state index contributed by atoms with van der Waals surface area (Å²) in [5.41, 5.74) is 2.82. The van der Waals surface area contributed by atoms with E-state index in [-0.39, 0.29) is 11.8 Å². The molecule has 25 heavy (non-hydrogen) atoms. The summed E-state index contributed by atoms with van der Waals surface area (Å²) >= 11 is 0. The smallest absolute Gasteiger partial charge is 0.252 e. The molecule has 2 aliphatic heterocycles. The number of fused-ring (bicyclic) bond motifs is 1. The van der Waals surface area contributed by atoms with Gasteiger partial charge in [-0.1, -0.05) is 36.4 Å². The predicted molar refractivity (Wildman–Crippen MR) is 96.6 cm³/mol. The van der Waals surface area contributed by atoms with Crippen molar-refractivity contribution in [2.45, 2.75) is 12.5 Å². The molecule has 0 spiro atoms. The summed E-state index contributed by atoms with van der Waals surface area (Å²) in [4.78, 5) is 29.2. The minimum atomic E-state index is -0.453. The SMILES string of the molecule is O=C1NC(C(=O)N2CCN(c3ccccc3)CC2)Cc2ccccc21. The number of nitrogens with one attached hydrogen (secondary N) is 1. The molecule has 2 aromatic carbocycles. The Morgan fingerprint density at radius 1 is 0.920 bits per heavy atom. The Morgan fingerprint density at radius 3 is 2.36 bits per heavy atom. The molecule has 1 N–H and O–H groups in total. The molecule has 2 heterocycles. The highest BCUT2D eigenvalue weighted by Crippen LogP contribution is 2.19. The second-order valence-corrected chi connectivity index (χ2v) is 6.54. The number of anilines is 1. The number of amides is 2. The van der Waals surface area contributed by atoms with Gasteiger partial charge in [-0.3, -0.25) is 9.59 Å². The molecule has 1 atom stereocenters. The standard InChI is InChI=1S/C20H21N3O2/c24-19-17-9-5-4-6-15(17)14-18(21-19)20(25)23-12-10-22(11-13-23)16-7-2-1-3-8-16/h1-9,18H,10-14H2,(H,21,24). The molecule has 4 rings (SSSR count). The fourth-order valence-corrected chi connectivity index (χ4v) is 3.62. The number of benzene rings is 2. The Bertz CT molecular complexity index is 783. The van der Waals surface area contributed by atoms with E-state index < -0.39 is 6.04 Å². The molecule has 5 heteroatoms. The maximum atomic E-state index is 12.8. The average molecular weight is 335 g/mol. The minimum absolute atomic E-state index is 0.0237. The lowest BCUT2D eigenvalue weighted by molar-refractivity contribution is -0.133. The fraction of sp³-hybridized carbons (Fsp3) is 0.300. The summed E-state index contributed by atoms with van der Waals surface area (Å²) in [5, 5.41) is 2.87. The van der Waals surface area contributed by atoms with Crippen molar-refractivity contribution in [1.82, 2.24) is 10.2 Å². The lowest BCUT2D eigenvalue weighted by Crippen LogP contribution is -2.56. The monoisotopic (exact) mass is 335 g/mol. The fourth-order valence-electron chi connectivity index (χ4n) is 3.62. The van der Waals surface area contributed by atoms with Crippen molar-refractivity contribution in [2.75, 3.05) is 31.1 Å². The second kappa shape index (κ2) is 6.59. The van der Waals surface area contributed by atoms with Gasteiger partial charge >= 0.3 is 0 Å². The first kappa shape index (κ1) is 15.7. The number of carbonyl (C=O) groups is 2. The van der Waals surface area contributed by atoms with Gasteiger partial charge in [0.1, 0.15) is 6.04 Å². The summed E-state index contributed by atoms with van der Waals surface area (Å²) in [6.45, 7) is 2.99. The van der Waals surface area contributed by atoms with Gasteiger partial charge in [-0.15, -0.1) is 0 Å². The lowest BCUT2D eigenvalue weighted by atomic mass is 9.94. The van der Waals surface area contributed by atoms with Gasteiger partial charge in [0, 0.05) is 43.9 Å². The van der Waals surface area contributed by atoms with E-state index in [9.17, 15) is 9.59 Å². The van der Waals surface area contributed by atoms with Gasteiger partial charge in [0.05, 0.1) is 0 Å². The largest absolute Gasteiger partial charge is 0.368 e. The molecule has 0 radical (unpaired) electrons. The zero-order valence-corrected chi connectivity index (χ0v) is 14.0. The molecule has 5 nitrogen and oxygen atoms in total. The highest BCUT2D eigenvalue weighted by Gasteiger charge is 2.32. The van der Waals surface area contributed by atoms with E-state index in [2.05, 4.69) is 22.3 Å². The van der Waals surface area contributed by atoms with Crippen molar-refractivity contribution < 1.29 is 9.59 Å². The van der Waals surface area contributed by atoms with E-state index in [1.165, 1.54) is 5.69 Å². The van der Waals surface area contributed by atoms with Crippen molar-refractivity contribution in [3.63, 3.8) is 0 Å². The molecule has 1 unspecified atom stereocenters. The predicted octanol–water partition coefficient (Wildman–Crippen LogP) is 1.69. The van der Waals surface area contributed by atoms with Crippen molar-refractivity contribution >= 4 is 17.5 Å². The minimum Gasteiger partial charge on any atom is -0.368 e. The highest BCUT2D eigenvalue weighted by molar-refractivity contribution is 6.00. The van der Waals surface area contributed by atoms with Crippen LogP contribution in [0, 0.1) is 0 Å². The lowest BCUT2D eigenvalue weighted by Gasteiger charge is -2.38. The third-order valence-electron chi connectivity index (χ3n) is 5.00. The van der Waals surface area contributed by atoms with Crippen LogP contribution in [-0.2, 0) is 11.2 Å². The number of piperazine rings is 1. The van der Waals surface area contributed by atoms with Crippen LogP contribution in [0.3, 0.4) is 0 Å². The Labute approximate surface area is 147 Å². The number of nitrogens with zero attached hydrogens (tertiary/aromatic N) is 2. The first-order valence-electron chi connectivity index (χ1n) is 8.70. The van der Waals surface area contributed by atoms with Crippen LogP contribution in [0.2, 0.25) is 0 Å². The molecule has 2 amide bonds. The first-order valence-corrected chi connectivity index (χ1v) is 8.70. The molecule has 2 aromatic rings. The van der Waals surface area contributed by atoms with E-state index in [4.69, 9.17) is 0 Å². The number of para-hydroxylation sites is 1. The van der Waals surface area contributed by atoms with Gasteiger partial charge in [-0.2, -0.15) is 0 Å². The van der Waals surface area contributed by atoms with Gasteiger partial charge in [-0.05, 0) is 23.8 Å². The Balaban J connectivity index is 1.41. The first-order chi connectivity index (χ1) is 12.2. The number of hydrogen-bond acceptors (Lipinski definition) is 3. The number of hydrogen-bond donors (Lipinski definition) is 1. The topological polar surface area (TPSA) is 52.7 Å². The Hall–Kier alpha value is -2.82. The number of carbonyl (C=O) groups excluding carboxylic acids is 2. The maximum absolute atomic E-state index is 12.8. The average Bonchev–Trinajstić information content (AvgIpc) is 2.68. The van der Waals surface area contributed by atoms with Crippen molar-refractivity contribution in [3.8, 4) is 0 Å². The van der Waals surface area contributed by atoms with Gasteiger partial charge < -0.3 is 15.1 Å². The van der Waals surface area contributed by atoms with Crippen molar-refractivity contribution in [3.05, 3.63) is 65.7 Å². The van der Waals surface area contributed by atoms with Crippen LogP contribution in [0.5, 0.6) is 0 Å². The van der Waals surface area contributed by atoms with E-state index in [0.29, 0.717) is 25.1 Å². The van der Waals surface area contributed by atoms with E-state index in [1.807, 2.05) is 47.4 Å². The summed E-state index contributed by atoms with van der Waals surface area (Å²) in [6, 6.07) is 17.3. The Morgan fingerprint density at radius 2 is 1.60 bits per heavy atom. The van der Waals surface area contributed by atoms with Crippen LogP contribution in [0.15, 0.2) is 54.6 Å². The molecular formula is C20H21N3O2. The van der Waals surface area contributed by atoms with Crippen LogP contribution in [0.4, 0.5) is 5.69 Å². The van der Waals surface area contributed by atoms with Gasteiger partial charge in [0.25, 0.3) is 5.91 Å². The molecule has 128 valence electrons. The summed E-state index contributed by atoms with van der Waals surface area (Å²) < 4.78 is 0. The van der Waals surface area contributed by atoms with E-state index >= 15 is 0 Å². The molecule has 0 aromatic heterocycles. The molecule has 0 aliphatic carbocycles. The quantitative estimate of drug-likeness (QED) is 0.909. The third-order valence-corrected chi connectivity index (χ3v) is 5.00. The second-order valence-electron chi connectivity index (χ2n) is 6.54. The molecular weight excluding hydrogens is 314 g/mol. The summed E-state index contributed by atoms with van der Waals surface area (Å²) in [6.07, 6.45) is 0.569. The van der Waals surface area contributed by atoms with Gasteiger partial charge in [-0.25, -0.2) is 0 Å². The molecule has 1 fully saturated rings. The summed E-state index contributed by atoms with van der Waals surface area (Å²) in [7, 11) is 0. The highest BCUT2D eigenvalue weighted by atomic mass is 16.2. The molecule has 0 saturated carbocycles. The van der Waals surface area contributed by atoms with E-state index in [1.54, 1.807) is 0 Å². The van der Waals surface area contributed by atoms with Crippen molar-refractivity contribution in [1.29, 1.82) is 0 Å². The van der Waals surface area contributed by atoms with Crippen LogP contribution in [-0.4, -0.2) is 48.9 Å². The molecule has 1 saturated heterocycles. The molecule has 0 bridgehead atoms. The zero-order chi connectivity index (χ0) is 17.2. The van der Waals surface area contributed by atoms with Crippen LogP contribution < -0.4 is 10.2 Å². The zero-order valence-electron chi connectivity index (χ0n) is 14.0. The normalized spacial score (nSPS) is 20.0. The summed E-state index contributed by atoms with van der Waals surface area (Å²) in [5.74, 6) is -0.126. The van der Waals surface area contributed by atoms with Gasteiger partial charge in [0.2, 0.25) is 5.91 Å². The van der Waals surface area contributed by atoms with Crippen LogP contribution >= 0.6 is 0 Å². The molecule has 2 aliphatic rings. The van der Waals surface area contributed by atoms with Crippen LogP contribution in [0.1, 0.15) is 15.9 Å². The van der Waals surface area contributed by atoms with Crippen molar-refractivity contribution in [2.24, 2.45) is 0 Å². The Kier molecular flexibility index (Phi) is 4.14. The number of rotatable bonds is 2. The van der Waals surface area contributed by atoms with Gasteiger partial charge in [0.15, 0.2) is 0 Å².